The summed E-state index contributed by atoms with van der Waals surface area (Å²) in [5, 5.41) is 0.389. The van der Waals surface area contributed by atoms with Crippen LogP contribution in [0.15, 0.2) is 18.2 Å². The zero-order valence-electron chi connectivity index (χ0n) is 19.5. The minimum Gasteiger partial charge on any atom is -0.487 e. The molecule has 0 atom stereocenters. The van der Waals surface area contributed by atoms with Gasteiger partial charge in [0.2, 0.25) is 5.88 Å². The van der Waals surface area contributed by atoms with Crippen LogP contribution < -0.4 is 9.47 Å². The van der Waals surface area contributed by atoms with Crippen LogP contribution in [0.4, 0.5) is 0 Å². The van der Waals surface area contributed by atoms with Crippen LogP contribution in [0.2, 0.25) is 5.02 Å². The van der Waals surface area contributed by atoms with Crippen LogP contribution in [0.3, 0.4) is 0 Å². The topological polar surface area (TPSA) is 51.7 Å². The molecular formula is C25H33ClN2O3. The van der Waals surface area contributed by atoms with Gasteiger partial charge in [-0.05, 0) is 70.7 Å². The van der Waals surface area contributed by atoms with E-state index >= 15 is 0 Å². The van der Waals surface area contributed by atoms with E-state index in [1.165, 1.54) is 0 Å². The molecule has 1 aliphatic heterocycles. The van der Waals surface area contributed by atoms with E-state index in [4.69, 9.17) is 21.1 Å². The Balaban J connectivity index is 1.89. The summed E-state index contributed by atoms with van der Waals surface area (Å²) in [6, 6.07) is 5.85. The predicted molar refractivity (Wildman–Crippen MR) is 124 cm³/mol. The first-order valence-electron chi connectivity index (χ1n) is 11.0. The number of aryl methyl sites for hydroxylation is 2. The quantitative estimate of drug-likeness (QED) is 0.498. The van der Waals surface area contributed by atoms with Gasteiger partial charge in [-0.2, -0.15) is 0 Å². The number of hydrogen-bond acceptors (Lipinski definition) is 4. The molecule has 0 aliphatic carbocycles. The van der Waals surface area contributed by atoms with E-state index in [1.54, 1.807) is 0 Å². The molecule has 0 saturated carbocycles. The Morgan fingerprint density at radius 1 is 1.23 bits per heavy atom. The number of benzene rings is 1. The van der Waals surface area contributed by atoms with Gasteiger partial charge in [0.1, 0.15) is 11.4 Å². The third-order valence-electron chi connectivity index (χ3n) is 5.28. The molecule has 0 fully saturated rings. The summed E-state index contributed by atoms with van der Waals surface area (Å²) < 4.78 is 12.0. The van der Waals surface area contributed by atoms with E-state index in [2.05, 4.69) is 11.9 Å². The first-order chi connectivity index (χ1) is 14.6. The molecule has 0 saturated heterocycles. The molecule has 0 radical (unpaired) electrons. The lowest BCUT2D eigenvalue weighted by Gasteiger charge is -2.31. The molecule has 1 aromatic carbocycles. The van der Waals surface area contributed by atoms with Crippen molar-refractivity contribution in [2.24, 2.45) is 0 Å². The number of carbonyl (C=O) groups excluding carboxylic acids is 1. The van der Waals surface area contributed by atoms with E-state index in [0.29, 0.717) is 41.9 Å². The maximum Gasteiger partial charge on any atom is 0.256 e. The molecule has 0 unspecified atom stereocenters. The minimum atomic E-state index is -0.398. The van der Waals surface area contributed by atoms with Crippen LogP contribution in [0.25, 0.3) is 0 Å². The Hall–Kier alpha value is -2.27. The van der Waals surface area contributed by atoms with Crippen LogP contribution in [-0.4, -0.2) is 34.5 Å². The highest BCUT2D eigenvalue weighted by Crippen LogP contribution is 2.36. The van der Waals surface area contributed by atoms with Crippen molar-refractivity contribution in [2.45, 2.75) is 73.0 Å². The summed E-state index contributed by atoms with van der Waals surface area (Å²) in [7, 11) is 0. The van der Waals surface area contributed by atoms with Crippen molar-refractivity contribution in [3.05, 3.63) is 51.2 Å². The Labute approximate surface area is 190 Å². The molecule has 1 aliphatic rings. The molecule has 2 heterocycles. The smallest absolute Gasteiger partial charge is 0.256 e. The number of hydrogen-bond donors (Lipinski definition) is 0. The second-order valence-electron chi connectivity index (χ2n) is 9.17. The van der Waals surface area contributed by atoms with Crippen molar-refractivity contribution >= 4 is 17.5 Å². The number of nitrogens with zero attached hydrogens (tertiary/aromatic N) is 2. The zero-order valence-corrected chi connectivity index (χ0v) is 20.2. The lowest BCUT2D eigenvalue weighted by Crippen LogP contribution is -2.38. The van der Waals surface area contributed by atoms with Crippen molar-refractivity contribution in [3.63, 3.8) is 0 Å². The number of fused-ring (bicyclic) bond motifs is 1. The predicted octanol–water partition coefficient (Wildman–Crippen LogP) is 5.91. The van der Waals surface area contributed by atoms with E-state index in [-0.39, 0.29) is 5.91 Å². The Kier molecular flexibility index (Phi) is 7.15. The fourth-order valence-electron chi connectivity index (χ4n) is 3.76. The number of aromatic nitrogens is 1. The van der Waals surface area contributed by atoms with Crippen molar-refractivity contribution in [1.29, 1.82) is 0 Å². The lowest BCUT2D eigenvalue weighted by atomic mass is 9.97. The van der Waals surface area contributed by atoms with Crippen LogP contribution >= 0.6 is 11.6 Å². The van der Waals surface area contributed by atoms with Gasteiger partial charge in [-0.25, -0.2) is 4.98 Å². The number of rotatable bonds is 7. The molecule has 0 bridgehead atoms. The SMILES string of the molecule is CCCCOc1nc(C)cc(C)c1CN1CCc2ccc(OC(C)(C)C)c(Cl)c2C1=O. The van der Waals surface area contributed by atoms with Crippen molar-refractivity contribution in [3.8, 4) is 11.6 Å². The van der Waals surface area contributed by atoms with Crippen LogP contribution in [0.1, 0.15) is 73.3 Å². The van der Waals surface area contributed by atoms with E-state index in [9.17, 15) is 4.79 Å². The van der Waals surface area contributed by atoms with E-state index < -0.39 is 5.60 Å². The summed E-state index contributed by atoms with van der Waals surface area (Å²) >= 11 is 6.65. The second kappa shape index (κ2) is 9.47. The van der Waals surface area contributed by atoms with Gasteiger partial charge in [0.05, 0.1) is 23.7 Å². The summed E-state index contributed by atoms with van der Waals surface area (Å²) in [6.45, 7) is 13.7. The fourth-order valence-corrected chi connectivity index (χ4v) is 4.06. The zero-order chi connectivity index (χ0) is 22.8. The number of pyridine rings is 1. The third-order valence-corrected chi connectivity index (χ3v) is 5.66. The monoisotopic (exact) mass is 444 g/mol. The first kappa shape index (κ1) is 23.4. The van der Waals surface area contributed by atoms with Gasteiger partial charge in [0.25, 0.3) is 5.91 Å². The van der Waals surface area contributed by atoms with Crippen molar-refractivity contribution in [1.82, 2.24) is 9.88 Å². The number of halogens is 1. The van der Waals surface area contributed by atoms with Gasteiger partial charge in [-0.1, -0.05) is 31.0 Å². The Bertz CT molecular complexity index is 966. The summed E-state index contributed by atoms with van der Waals surface area (Å²) in [5.74, 6) is 1.09. The van der Waals surface area contributed by atoms with Crippen molar-refractivity contribution < 1.29 is 14.3 Å². The fraction of sp³-hybridized carbons (Fsp3) is 0.520. The molecule has 2 aromatic rings. The number of carbonyl (C=O) groups is 1. The number of amides is 1. The van der Waals surface area contributed by atoms with Gasteiger partial charge in [0.15, 0.2) is 0 Å². The molecule has 0 N–H and O–H groups in total. The maximum absolute atomic E-state index is 13.4. The molecule has 5 nitrogen and oxygen atoms in total. The van der Waals surface area contributed by atoms with Gasteiger partial charge in [-0.3, -0.25) is 4.79 Å². The molecule has 168 valence electrons. The van der Waals surface area contributed by atoms with Crippen LogP contribution in [0.5, 0.6) is 11.6 Å². The van der Waals surface area contributed by atoms with Gasteiger partial charge >= 0.3 is 0 Å². The summed E-state index contributed by atoms with van der Waals surface area (Å²) in [4.78, 5) is 19.9. The average molecular weight is 445 g/mol. The second-order valence-corrected chi connectivity index (χ2v) is 9.55. The molecule has 3 rings (SSSR count). The Morgan fingerprint density at radius 2 is 1.97 bits per heavy atom. The van der Waals surface area contributed by atoms with Crippen LogP contribution in [-0.2, 0) is 13.0 Å². The van der Waals surface area contributed by atoms with E-state index in [1.807, 2.05) is 57.7 Å². The maximum atomic E-state index is 13.4. The van der Waals surface area contributed by atoms with Gasteiger partial charge in [0, 0.05) is 17.8 Å². The van der Waals surface area contributed by atoms with E-state index in [0.717, 1.165) is 41.6 Å². The van der Waals surface area contributed by atoms with Crippen LogP contribution in [0, 0.1) is 13.8 Å². The third kappa shape index (κ3) is 5.51. The highest BCUT2D eigenvalue weighted by Gasteiger charge is 2.30. The number of unbranched alkanes of at least 4 members (excludes halogenated alkanes) is 1. The molecule has 0 spiro atoms. The molecule has 1 amide bonds. The molecule has 1 aromatic heterocycles. The minimum absolute atomic E-state index is 0.0786. The highest BCUT2D eigenvalue weighted by atomic mass is 35.5. The van der Waals surface area contributed by atoms with Gasteiger partial charge in [-0.15, -0.1) is 0 Å². The first-order valence-corrected chi connectivity index (χ1v) is 11.4. The standard InChI is InChI=1S/C25H33ClN2O3/c1-7-8-13-30-23-19(16(2)14-17(3)27-23)15-28-12-11-18-9-10-20(31-25(4,5)6)22(26)21(18)24(28)29/h9-10,14H,7-8,11-13,15H2,1-6H3. The average Bonchev–Trinajstić information content (AvgIpc) is 2.67. The van der Waals surface area contributed by atoms with Gasteiger partial charge < -0.3 is 14.4 Å². The summed E-state index contributed by atoms with van der Waals surface area (Å²) in [6.07, 6.45) is 2.77. The lowest BCUT2D eigenvalue weighted by molar-refractivity contribution is 0.0722. The largest absolute Gasteiger partial charge is 0.487 e. The molecule has 31 heavy (non-hydrogen) atoms. The molecular weight excluding hydrogens is 412 g/mol. The van der Waals surface area contributed by atoms with Crippen molar-refractivity contribution in [2.75, 3.05) is 13.2 Å². The summed E-state index contributed by atoms with van der Waals surface area (Å²) in [5.41, 5.74) is 4.05. The normalized spacial score (nSPS) is 13.9. The number of ether oxygens (including phenoxy) is 2. The Morgan fingerprint density at radius 3 is 2.65 bits per heavy atom. The highest BCUT2D eigenvalue weighted by molar-refractivity contribution is 6.35. The molecule has 6 heteroatoms.